The number of hydrogen-bond acceptors (Lipinski definition) is 21. The van der Waals surface area contributed by atoms with Crippen LogP contribution in [0.2, 0.25) is 0 Å². The average Bonchev–Trinajstić information content (AvgIpc) is 3.31. The summed E-state index contributed by atoms with van der Waals surface area (Å²) in [5.74, 6) is -6.68. The van der Waals surface area contributed by atoms with E-state index in [-0.39, 0.29) is 25.2 Å². The molecule has 3 aliphatic heterocycles. The molecule has 72 heavy (non-hydrogen) atoms. The number of carbonyl (C=O) groups is 2. The van der Waals surface area contributed by atoms with Gasteiger partial charge in [0, 0.05) is 37.5 Å². The number of ether oxygens (including phenoxy) is 4. The summed E-state index contributed by atoms with van der Waals surface area (Å²) in [6.45, 7) is 1.91. The van der Waals surface area contributed by atoms with Gasteiger partial charge in [0.05, 0.1) is 93.7 Å². The molecule has 0 spiro atoms. The van der Waals surface area contributed by atoms with Crippen LogP contribution in [-0.4, -0.2) is 202 Å². The number of cyclic esters (lactones) is 1. The van der Waals surface area contributed by atoms with Gasteiger partial charge in [-0.05, 0) is 26.2 Å². The molecule has 0 saturated carbocycles. The van der Waals surface area contributed by atoms with Crippen LogP contribution in [0.15, 0.2) is 90.2 Å². The molecule has 3 unspecified atom stereocenters. The van der Waals surface area contributed by atoms with Crippen LogP contribution in [0, 0.1) is 22.7 Å². The third-order valence-corrected chi connectivity index (χ3v) is 13.0. The minimum atomic E-state index is -2.45. The van der Waals surface area contributed by atoms with Crippen molar-refractivity contribution in [3.63, 3.8) is 0 Å². The Labute approximate surface area is 419 Å². The number of fused-ring (bicyclic) bond motifs is 2. The third kappa shape index (κ3) is 20.1. The highest BCUT2D eigenvalue weighted by molar-refractivity contribution is 5.81. The summed E-state index contributed by atoms with van der Waals surface area (Å²) in [5.41, 5.74) is -1.97. The van der Waals surface area contributed by atoms with E-state index in [9.17, 15) is 80.9 Å². The number of nitrogens with one attached hydrogen (secondary N) is 1. The second-order valence-electron chi connectivity index (χ2n) is 19.1. The summed E-state index contributed by atoms with van der Waals surface area (Å²) in [6.07, 6.45) is 1.74. The van der Waals surface area contributed by atoms with Gasteiger partial charge in [-0.1, -0.05) is 104 Å². The van der Waals surface area contributed by atoms with Gasteiger partial charge in [-0.25, -0.2) is 0 Å². The Kier molecular flexibility index (Phi) is 26.9. The van der Waals surface area contributed by atoms with E-state index in [1.165, 1.54) is 12.2 Å². The fourth-order valence-corrected chi connectivity index (χ4v) is 8.45. The van der Waals surface area contributed by atoms with Gasteiger partial charge in [-0.3, -0.25) is 9.59 Å². The zero-order valence-corrected chi connectivity index (χ0v) is 41.0. The van der Waals surface area contributed by atoms with Crippen molar-refractivity contribution in [3.8, 4) is 0 Å². The van der Waals surface area contributed by atoms with E-state index in [1.807, 2.05) is 6.92 Å². The Morgan fingerprint density at radius 1 is 0.708 bits per heavy atom. The van der Waals surface area contributed by atoms with Crippen LogP contribution >= 0.6 is 0 Å². The number of hydrogen-bond donors (Lipinski definition) is 14. The van der Waals surface area contributed by atoms with Gasteiger partial charge in [0.2, 0.25) is 5.91 Å². The lowest BCUT2D eigenvalue weighted by Crippen LogP contribution is -2.63. The van der Waals surface area contributed by atoms with Crippen LogP contribution in [-0.2, 0) is 28.5 Å². The minimum Gasteiger partial charge on any atom is -0.462 e. The molecule has 0 aromatic heterocycles. The molecular weight excluding hydrogens is 949 g/mol. The zero-order valence-electron chi connectivity index (χ0n) is 41.0. The Morgan fingerprint density at radius 3 is 1.85 bits per heavy atom. The highest BCUT2D eigenvalue weighted by atomic mass is 16.7. The van der Waals surface area contributed by atoms with E-state index < -0.39 is 179 Å². The molecule has 1 amide bonds. The van der Waals surface area contributed by atoms with Crippen molar-refractivity contribution in [2.75, 3.05) is 26.4 Å². The van der Waals surface area contributed by atoms with E-state index in [1.54, 1.807) is 86.8 Å². The van der Waals surface area contributed by atoms with Crippen LogP contribution in [0.1, 0.15) is 72.1 Å². The number of allylic oxidation sites excluding steroid dienone is 12. The van der Waals surface area contributed by atoms with Crippen LogP contribution in [0.5, 0.6) is 0 Å². The van der Waals surface area contributed by atoms with Crippen molar-refractivity contribution < 1.29 is 94.9 Å². The molecule has 0 aliphatic carbocycles. The molecule has 14 N–H and O–H groups in total. The number of aliphatic hydroxyl groups is 13. The first-order valence-corrected chi connectivity index (χ1v) is 24.3. The second-order valence-corrected chi connectivity index (χ2v) is 19.1. The smallest absolute Gasteiger partial charge is 0.308 e. The predicted octanol–water partition coefficient (Wildman–Crippen LogP) is -1.12. The van der Waals surface area contributed by atoms with Crippen molar-refractivity contribution in [1.82, 2.24) is 5.32 Å². The molecule has 408 valence electrons. The lowest BCUT2D eigenvalue weighted by atomic mass is 9.81. The molecule has 0 radical (unpaired) electrons. The molecule has 18 atom stereocenters. The summed E-state index contributed by atoms with van der Waals surface area (Å²) in [6, 6.07) is -1.56. The zero-order chi connectivity index (χ0) is 53.6. The van der Waals surface area contributed by atoms with Crippen LogP contribution in [0.3, 0.4) is 0 Å². The number of rotatable bonds is 8. The molecular formula is C50H78N2O20. The lowest BCUT2D eigenvalue weighted by molar-refractivity contribution is -0.304. The van der Waals surface area contributed by atoms with Crippen molar-refractivity contribution in [2.45, 2.75) is 169 Å². The number of nitroso groups, excluding NO2 is 1. The fraction of sp³-hybridized carbons (Fsp3) is 0.680. The average molecular weight is 1030 g/mol. The quantitative estimate of drug-likeness (QED) is 0.101. The number of aliphatic hydroxyl groups excluding tert-OH is 12. The van der Waals surface area contributed by atoms with Crippen LogP contribution in [0.25, 0.3) is 0 Å². The predicted molar refractivity (Wildman–Crippen MR) is 258 cm³/mol. The monoisotopic (exact) mass is 1030 g/mol. The van der Waals surface area contributed by atoms with E-state index >= 15 is 0 Å². The topological polar surface area (TPSA) is 376 Å². The minimum absolute atomic E-state index is 0.150. The van der Waals surface area contributed by atoms with Gasteiger partial charge in [0.15, 0.2) is 18.1 Å². The summed E-state index contributed by atoms with van der Waals surface area (Å²) in [7, 11) is 0. The van der Waals surface area contributed by atoms with Gasteiger partial charge in [-0.15, -0.1) is 0 Å². The SMILES string of the molecule is C[C@@H]1[C@H](O)[C@@H](C)/C=C/C=C/C=C/C=C/C=C/C=C/C=C/[C@H](O[C@@H]2OC[C@@H](O)[C@H](N=O)[C@H]2O)C[C@@H]2O[C@](O)(CC(O)C[C@@H](O)C(O)CC[C@@H](O)CC(O)CC(=O)O[C@H]1C)C[C@H](O)[C@H]2C(=O)NC(CO)(CO)CO. The maximum Gasteiger partial charge on any atom is 0.308 e. The summed E-state index contributed by atoms with van der Waals surface area (Å²) in [5, 5.41) is 144. The van der Waals surface area contributed by atoms with E-state index in [2.05, 4.69) is 10.5 Å². The molecule has 3 heterocycles. The summed E-state index contributed by atoms with van der Waals surface area (Å²) >= 11 is 0. The first-order chi connectivity index (χ1) is 34.1. The van der Waals surface area contributed by atoms with Gasteiger partial charge in [-0.2, -0.15) is 4.91 Å². The van der Waals surface area contributed by atoms with Crippen molar-refractivity contribution in [3.05, 3.63) is 90.0 Å². The molecule has 2 bridgehead atoms. The van der Waals surface area contributed by atoms with E-state index in [0.717, 1.165) is 0 Å². The first-order valence-electron chi connectivity index (χ1n) is 24.3. The summed E-state index contributed by atoms with van der Waals surface area (Å²) < 4.78 is 23.1. The Balaban J connectivity index is 1.97. The van der Waals surface area contributed by atoms with Gasteiger partial charge in [0.1, 0.15) is 23.9 Å². The first kappa shape index (κ1) is 62.4. The Hall–Kier alpha value is -3.92. The van der Waals surface area contributed by atoms with Gasteiger partial charge in [0.25, 0.3) is 0 Å². The number of esters is 1. The second kappa shape index (κ2) is 31.1. The molecule has 2 fully saturated rings. The van der Waals surface area contributed by atoms with Gasteiger partial charge >= 0.3 is 5.97 Å². The number of carbonyl (C=O) groups excluding carboxylic acids is 2. The van der Waals surface area contributed by atoms with Crippen molar-refractivity contribution in [2.24, 2.45) is 22.9 Å². The molecule has 22 nitrogen and oxygen atoms in total. The molecule has 0 aromatic rings. The largest absolute Gasteiger partial charge is 0.462 e. The number of amides is 1. The van der Waals surface area contributed by atoms with Crippen molar-refractivity contribution in [1.29, 1.82) is 0 Å². The maximum absolute atomic E-state index is 13.9. The Bertz CT molecular complexity index is 1850. The molecule has 0 aromatic carbocycles. The molecule has 3 rings (SSSR count). The molecule has 3 aliphatic rings. The molecule has 22 heteroatoms. The summed E-state index contributed by atoms with van der Waals surface area (Å²) in [4.78, 5) is 38.1. The van der Waals surface area contributed by atoms with E-state index in [4.69, 9.17) is 18.9 Å². The number of nitrogens with zero attached hydrogens (tertiary/aromatic N) is 1. The standard InChI is InChI=1S/C50H78N2O20/c1-30-16-14-12-10-8-6-4-5-7-9-11-13-15-17-36(71-48-46(65)44(52-68)40(62)26-69-48)23-41-43(47(66)51-49(27-53,28-54)29-55)39(61)25-50(67,72-41)24-35(58)21-38(60)37(59)19-18-33(56)20-34(57)22-42(63)70-32(3)31(2)45(30)64/h4-17,30-41,43-46,48,53-62,64-65,67H,18-29H2,1-3H3,(H,51,66)/b5-4+,8-6+,9-7+,12-10+,13-11+,16-14+,17-15+/t30-,31-,32-,33+,34?,35?,36-,37?,38+,39-,40+,41-,43+,44-,45+,46+,48-,50+/m0/s1. The highest BCUT2D eigenvalue weighted by Crippen LogP contribution is 2.38. The normalized spacial score (nSPS) is 41.3. The highest BCUT2D eigenvalue weighted by Gasteiger charge is 2.52. The van der Waals surface area contributed by atoms with Gasteiger partial charge < -0.3 is 90.6 Å². The lowest BCUT2D eigenvalue weighted by Gasteiger charge is -2.46. The van der Waals surface area contributed by atoms with Crippen molar-refractivity contribution >= 4 is 11.9 Å². The molecule has 2 saturated heterocycles. The van der Waals surface area contributed by atoms with Crippen LogP contribution < -0.4 is 5.32 Å². The van der Waals surface area contributed by atoms with E-state index in [0.29, 0.717) is 0 Å². The van der Waals surface area contributed by atoms with Crippen LogP contribution in [0.4, 0.5) is 0 Å². The fourth-order valence-electron chi connectivity index (χ4n) is 8.45. The Morgan fingerprint density at radius 2 is 1.28 bits per heavy atom. The third-order valence-electron chi connectivity index (χ3n) is 13.0. The maximum atomic E-state index is 13.9.